The number of halogens is 2. The van der Waals surface area contributed by atoms with Crippen LogP contribution in [0.2, 0.25) is 0 Å². The predicted octanol–water partition coefficient (Wildman–Crippen LogP) is 4.25. The molecule has 0 bridgehead atoms. The molecule has 0 aliphatic rings. The van der Waals surface area contributed by atoms with Gasteiger partial charge in [-0.05, 0) is 53.2 Å². The average molecular weight is 375 g/mol. The van der Waals surface area contributed by atoms with E-state index >= 15 is 0 Å². The molecule has 5 heteroatoms. The van der Waals surface area contributed by atoms with Crippen LogP contribution in [0.1, 0.15) is 24.3 Å². The molecule has 96 valence electrons. The lowest BCUT2D eigenvalue weighted by atomic mass is 10.0. The van der Waals surface area contributed by atoms with Crippen molar-refractivity contribution in [1.82, 2.24) is 0 Å². The summed E-state index contributed by atoms with van der Waals surface area (Å²) in [5.74, 6) is 1.47. The van der Waals surface area contributed by atoms with E-state index in [1.807, 2.05) is 37.3 Å². The van der Waals surface area contributed by atoms with Gasteiger partial charge in [0.25, 0.3) is 0 Å². The summed E-state index contributed by atoms with van der Waals surface area (Å²) in [4.78, 5) is 0. The van der Waals surface area contributed by atoms with E-state index in [0.29, 0.717) is 17.0 Å². The van der Waals surface area contributed by atoms with E-state index in [2.05, 4.69) is 31.9 Å². The topological polar surface area (TPSA) is 48.4 Å². The van der Waals surface area contributed by atoms with Crippen LogP contribution in [0.5, 0.6) is 5.75 Å². The second kappa shape index (κ2) is 5.91. The van der Waals surface area contributed by atoms with Crippen molar-refractivity contribution in [3.05, 3.63) is 50.8 Å². The van der Waals surface area contributed by atoms with Crippen LogP contribution in [0.15, 0.2) is 43.9 Å². The van der Waals surface area contributed by atoms with Crippen LogP contribution in [0.3, 0.4) is 0 Å². The Hall–Kier alpha value is -0.780. The number of hydrogen-bond acceptors (Lipinski definition) is 3. The van der Waals surface area contributed by atoms with Gasteiger partial charge in [-0.15, -0.1) is 0 Å². The summed E-state index contributed by atoms with van der Waals surface area (Å²) in [6.07, 6.45) is 0. The number of furan rings is 1. The van der Waals surface area contributed by atoms with Crippen molar-refractivity contribution < 1.29 is 9.15 Å². The van der Waals surface area contributed by atoms with Gasteiger partial charge in [0.05, 0.1) is 12.6 Å². The van der Waals surface area contributed by atoms with Gasteiger partial charge >= 0.3 is 0 Å². The van der Waals surface area contributed by atoms with Crippen LogP contribution in [-0.4, -0.2) is 6.61 Å². The molecule has 2 rings (SSSR count). The van der Waals surface area contributed by atoms with E-state index in [0.717, 1.165) is 15.8 Å². The van der Waals surface area contributed by atoms with Crippen LogP contribution < -0.4 is 10.5 Å². The minimum Gasteiger partial charge on any atom is -0.494 e. The Labute approximate surface area is 123 Å². The maximum atomic E-state index is 6.21. The molecule has 1 atom stereocenters. The highest BCUT2D eigenvalue weighted by Gasteiger charge is 2.17. The largest absolute Gasteiger partial charge is 0.494 e. The first kappa shape index (κ1) is 13.6. The molecule has 1 aromatic heterocycles. The Morgan fingerprint density at radius 3 is 2.67 bits per heavy atom. The van der Waals surface area contributed by atoms with Gasteiger partial charge in [0.15, 0.2) is 4.67 Å². The Balaban J connectivity index is 2.39. The van der Waals surface area contributed by atoms with Crippen molar-refractivity contribution >= 4 is 31.9 Å². The molecule has 18 heavy (non-hydrogen) atoms. The van der Waals surface area contributed by atoms with E-state index < -0.39 is 0 Å². The molecule has 0 fully saturated rings. The normalized spacial score (nSPS) is 12.4. The molecule has 0 radical (unpaired) electrons. The summed E-state index contributed by atoms with van der Waals surface area (Å²) in [5, 5.41) is 0. The highest BCUT2D eigenvalue weighted by molar-refractivity contribution is 9.10. The average Bonchev–Trinajstić information content (AvgIpc) is 2.77. The highest BCUT2D eigenvalue weighted by atomic mass is 79.9. The third kappa shape index (κ3) is 2.96. The Morgan fingerprint density at radius 1 is 1.28 bits per heavy atom. The fraction of sp³-hybridized carbons (Fsp3) is 0.231. The minimum absolute atomic E-state index is 0.352. The molecule has 2 aromatic rings. The first-order chi connectivity index (χ1) is 8.61. The molecule has 0 amide bonds. The molecule has 0 aliphatic heterocycles. The third-order valence-electron chi connectivity index (χ3n) is 2.51. The van der Waals surface area contributed by atoms with Crippen molar-refractivity contribution in [1.29, 1.82) is 0 Å². The third-order valence-corrected chi connectivity index (χ3v) is 3.43. The monoisotopic (exact) mass is 373 g/mol. The summed E-state index contributed by atoms with van der Waals surface area (Å²) in [6, 6.07) is 9.11. The van der Waals surface area contributed by atoms with Crippen LogP contribution in [-0.2, 0) is 0 Å². The molecule has 1 unspecified atom stereocenters. The van der Waals surface area contributed by atoms with Gasteiger partial charge in [-0.3, -0.25) is 0 Å². The van der Waals surface area contributed by atoms with Gasteiger partial charge in [0, 0.05) is 10.0 Å². The van der Waals surface area contributed by atoms with E-state index in [-0.39, 0.29) is 6.04 Å². The van der Waals surface area contributed by atoms with Crippen molar-refractivity contribution in [3.8, 4) is 5.75 Å². The molecule has 0 saturated heterocycles. The summed E-state index contributed by atoms with van der Waals surface area (Å²) < 4.78 is 12.7. The first-order valence-corrected chi connectivity index (χ1v) is 7.13. The molecule has 2 N–H and O–H groups in total. The predicted molar refractivity (Wildman–Crippen MR) is 77.7 cm³/mol. The second-order valence-electron chi connectivity index (χ2n) is 3.73. The highest BCUT2D eigenvalue weighted by Crippen LogP contribution is 2.32. The van der Waals surface area contributed by atoms with Gasteiger partial charge in [0.2, 0.25) is 0 Å². The van der Waals surface area contributed by atoms with Gasteiger partial charge < -0.3 is 14.9 Å². The standard InChI is InChI=1S/C13H13Br2NO2/c1-2-17-10-4-3-8(14)7-9(10)13(16)11-5-6-12(15)18-11/h3-7,13H,2,16H2,1H3. The maximum Gasteiger partial charge on any atom is 0.169 e. The van der Waals surface area contributed by atoms with Crippen molar-refractivity contribution in [2.75, 3.05) is 6.61 Å². The maximum absolute atomic E-state index is 6.21. The van der Waals surface area contributed by atoms with E-state index in [1.54, 1.807) is 0 Å². The fourth-order valence-electron chi connectivity index (χ4n) is 1.70. The number of nitrogens with two attached hydrogens (primary N) is 1. The van der Waals surface area contributed by atoms with E-state index in [1.165, 1.54) is 0 Å². The van der Waals surface area contributed by atoms with Crippen LogP contribution >= 0.6 is 31.9 Å². The minimum atomic E-state index is -0.352. The zero-order valence-electron chi connectivity index (χ0n) is 9.82. The molecule has 0 aliphatic carbocycles. The summed E-state index contributed by atoms with van der Waals surface area (Å²) >= 11 is 6.72. The van der Waals surface area contributed by atoms with Crippen molar-refractivity contribution in [2.24, 2.45) is 5.73 Å². The van der Waals surface area contributed by atoms with Crippen LogP contribution in [0.25, 0.3) is 0 Å². The Bertz CT molecular complexity index is 540. The smallest absolute Gasteiger partial charge is 0.169 e. The number of ether oxygens (including phenoxy) is 1. The second-order valence-corrected chi connectivity index (χ2v) is 5.43. The van der Waals surface area contributed by atoms with Crippen molar-refractivity contribution in [3.63, 3.8) is 0 Å². The lowest BCUT2D eigenvalue weighted by Gasteiger charge is -2.15. The zero-order chi connectivity index (χ0) is 13.1. The molecule has 0 saturated carbocycles. The molecule has 1 heterocycles. The molecule has 1 aromatic carbocycles. The van der Waals surface area contributed by atoms with E-state index in [4.69, 9.17) is 14.9 Å². The first-order valence-electron chi connectivity index (χ1n) is 5.55. The van der Waals surface area contributed by atoms with E-state index in [9.17, 15) is 0 Å². The Kier molecular flexibility index (Phi) is 4.48. The molecular formula is C13H13Br2NO2. The SMILES string of the molecule is CCOc1ccc(Br)cc1C(N)c1ccc(Br)o1. The summed E-state index contributed by atoms with van der Waals surface area (Å²) in [7, 11) is 0. The zero-order valence-corrected chi connectivity index (χ0v) is 13.0. The van der Waals surface area contributed by atoms with Crippen LogP contribution in [0, 0.1) is 0 Å². The number of benzene rings is 1. The lowest BCUT2D eigenvalue weighted by molar-refractivity contribution is 0.333. The molecule has 3 nitrogen and oxygen atoms in total. The lowest BCUT2D eigenvalue weighted by Crippen LogP contribution is -2.12. The van der Waals surface area contributed by atoms with Gasteiger partial charge in [-0.1, -0.05) is 15.9 Å². The Morgan fingerprint density at radius 2 is 2.06 bits per heavy atom. The fourth-order valence-corrected chi connectivity index (χ4v) is 2.40. The quantitative estimate of drug-likeness (QED) is 0.870. The summed E-state index contributed by atoms with van der Waals surface area (Å²) in [6.45, 7) is 2.55. The van der Waals surface area contributed by atoms with Gasteiger partial charge in [0.1, 0.15) is 11.5 Å². The van der Waals surface area contributed by atoms with Crippen molar-refractivity contribution in [2.45, 2.75) is 13.0 Å². The van der Waals surface area contributed by atoms with Gasteiger partial charge in [-0.25, -0.2) is 0 Å². The molecule has 0 spiro atoms. The molecular weight excluding hydrogens is 362 g/mol. The van der Waals surface area contributed by atoms with Gasteiger partial charge in [-0.2, -0.15) is 0 Å². The van der Waals surface area contributed by atoms with Crippen LogP contribution in [0.4, 0.5) is 0 Å². The number of rotatable bonds is 4. The number of hydrogen-bond donors (Lipinski definition) is 1. The summed E-state index contributed by atoms with van der Waals surface area (Å²) in [5.41, 5.74) is 7.11.